The van der Waals surface area contributed by atoms with Crippen LogP contribution in [0.3, 0.4) is 0 Å². The molecule has 1 amide bonds. The van der Waals surface area contributed by atoms with Crippen LogP contribution in [0.2, 0.25) is 0 Å². The lowest BCUT2D eigenvalue weighted by atomic mass is 9.62. The summed E-state index contributed by atoms with van der Waals surface area (Å²) >= 11 is 0. The molecule has 2 aromatic heterocycles. The Bertz CT molecular complexity index is 727. The monoisotopic (exact) mass is 313 g/mol. The van der Waals surface area contributed by atoms with Gasteiger partial charge in [0.05, 0.1) is 0 Å². The van der Waals surface area contributed by atoms with Crippen LogP contribution >= 0.6 is 0 Å². The van der Waals surface area contributed by atoms with Gasteiger partial charge in [-0.15, -0.1) is 10.2 Å². The number of amides is 1. The number of hydrogen-bond acceptors (Lipinski definition) is 3. The molecular formula is C17H23N5O. The number of likely N-dealkylation sites (tertiary alicyclic amines) is 1. The number of carbonyl (C=O) groups is 1. The first kappa shape index (κ1) is 14.5. The average molecular weight is 313 g/mol. The Hall–Kier alpha value is -2.11. The minimum atomic E-state index is 0.133. The molecule has 23 heavy (non-hydrogen) atoms. The van der Waals surface area contributed by atoms with Gasteiger partial charge in [0.2, 0.25) is 0 Å². The molecule has 0 radical (unpaired) electrons. The molecule has 2 fully saturated rings. The lowest BCUT2D eigenvalue weighted by Crippen LogP contribution is -2.38. The van der Waals surface area contributed by atoms with Crippen molar-refractivity contribution in [2.24, 2.45) is 12.5 Å². The molecule has 3 heterocycles. The molecule has 0 bridgehead atoms. The van der Waals surface area contributed by atoms with Gasteiger partial charge in [-0.25, -0.2) is 0 Å². The van der Waals surface area contributed by atoms with Crippen LogP contribution in [0.15, 0.2) is 24.7 Å². The first-order valence-corrected chi connectivity index (χ1v) is 8.43. The van der Waals surface area contributed by atoms with E-state index in [2.05, 4.69) is 21.7 Å². The van der Waals surface area contributed by atoms with Gasteiger partial charge in [0.25, 0.3) is 5.91 Å². The Morgan fingerprint density at radius 3 is 2.87 bits per heavy atom. The van der Waals surface area contributed by atoms with E-state index in [1.54, 1.807) is 0 Å². The molecule has 2 aromatic rings. The van der Waals surface area contributed by atoms with E-state index in [1.807, 2.05) is 41.2 Å². The van der Waals surface area contributed by atoms with Crippen molar-refractivity contribution in [3.63, 3.8) is 0 Å². The van der Waals surface area contributed by atoms with Crippen LogP contribution in [-0.4, -0.2) is 43.2 Å². The Balaban J connectivity index is 1.64. The molecule has 0 aromatic carbocycles. The number of aromatic nitrogens is 4. The Kier molecular flexibility index (Phi) is 3.28. The predicted octanol–water partition coefficient (Wildman–Crippen LogP) is 2.05. The number of carbonyl (C=O) groups excluding carboxylic acids is 1. The first-order valence-electron chi connectivity index (χ1n) is 8.43. The molecule has 1 spiro atoms. The Labute approximate surface area is 136 Å². The van der Waals surface area contributed by atoms with Gasteiger partial charge in [-0.2, -0.15) is 0 Å². The third kappa shape index (κ3) is 2.11. The second-order valence-electron chi connectivity index (χ2n) is 6.93. The van der Waals surface area contributed by atoms with Crippen LogP contribution in [0.4, 0.5) is 0 Å². The van der Waals surface area contributed by atoms with E-state index in [-0.39, 0.29) is 11.3 Å². The summed E-state index contributed by atoms with van der Waals surface area (Å²) in [4.78, 5) is 14.9. The molecule has 122 valence electrons. The van der Waals surface area contributed by atoms with Crippen molar-refractivity contribution in [3.8, 4) is 0 Å². The van der Waals surface area contributed by atoms with Gasteiger partial charge < -0.3 is 14.0 Å². The quantitative estimate of drug-likeness (QED) is 0.871. The van der Waals surface area contributed by atoms with Crippen LogP contribution in [0.1, 0.15) is 48.4 Å². The molecule has 6 heteroatoms. The third-order valence-corrected chi connectivity index (χ3v) is 5.75. The van der Waals surface area contributed by atoms with Crippen molar-refractivity contribution >= 4 is 5.91 Å². The molecule has 4 rings (SSSR count). The van der Waals surface area contributed by atoms with Crippen molar-refractivity contribution in [2.45, 2.75) is 38.6 Å². The molecule has 1 saturated carbocycles. The maximum Gasteiger partial charge on any atom is 0.270 e. The lowest BCUT2D eigenvalue weighted by Gasteiger charge is -2.42. The average Bonchev–Trinajstić information content (AvgIpc) is 3.22. The Morgan fingerprint density at radius 2 is 2.26 bits per heavy atom. The van der Waals surface area contributed by atoms with Crippen molar-refractivity contribution < 1.29 is 4.79 Å². The van der Waals surface area contributed by atoms with E-state index in [0.29, 0.717) is 5.92 Å². The highest BCUT2D eigenvalue weighted by molar-refractivity contribution is 5.93. The molecule has 1 aliphatic heterocycles. The van der Waals surface area contributed by atoms with Gasteiger partial charge in [0.1, 0.15) is 17.8 Å². The predicted molar refractivity (Wildman–Crippen MR) is 86.0 cm³/mol. The molecule has 1 saturated heterocycles. The van der Waals surface area contributed by atoms with Crippen molar-refractivity contribution in [1.82, 2.24) is 24.2 Å². The van der Waals surface area contributed by atoms with Crippen molar-refractivity contribution in [3.05, 3.63) is 36.2 Å². The minimum Gasteiger partial charge on any atom is -0.347 e. The summed E-state index contributed by atoms with van der Waals surface area (Å²) in [6, 6.07) is 3.82. The highest BCUT2D eigenvalue weighted by atomic mass is 16.2. The van der Waals surface area contributed by atoms with Crippen molar-refractivity contribution in [2.75, 3.05) is 13.1 Å². The number of rotatable bonds is 3. The zero-order valence-electron chi connectivity index (χ0n) is 13.8. The van der Waals surface area contributed by atoms with Crippen LogP contribution < -0.4 is 0 Å². The van der Waals surface area contributed by atoms with Crippen LogP contribution in [0.25, 0.3) is 0 Å². The maximum absolute atomic E-state index is 12.9. The van der Waals surface area contributed by atoms with Gasteiger partial charge in [0.15, 0.2) is 0 Å². The van der Waals surface area contributed by atoms with Crippen molar-refractivity contribution in [1.29, 1.82) is 0 Å². The summed E-state index contributed by atoms with van der Waals surface area (Å²) in [6.07, 6.45) is 7.36. The normalized spacial score (nSPS) is 22.5. The molecule has 0 N–H and O–H groups in total. The van der Waals surface area contributed by atoms with E-state index in [4.69, 9.17) is 0 Å². The fourth-order valence-electron chi connectivity index (χ4n) is 4.24. The summed E-state index contributed by atoms with van der Waals surface area (Å²) in [6.45, 7) is 4.59. The molecule has 1 atom stereocenters. The first-order chi connectivity index (χ1) is 11.1. The van der Waals surface area contributed by atoms with Crippen LogP contribution in [0, 0.1) is 5.41 Å². The zero-order valence-corrected chi connectivity index (χ0v) is 13.8. The van der Waals surface area contributed by atoms with Gasteiger partial charge in [-0.1, -0.05) is 6.42 Å². The SMILES string of the molecule is CCn1cnnc1C1CN(C(=O)c2cccn2C)CC12CCC2. The molecule has 6 nitrogen and oxygen atoms in total. The topological polar surface area (TPSA) is 56.0 Å². The molecule has 2 aliphatic rings. The fourth-order valence-corrected chi connectivity index (χ4v) is 4.24. The van der Waals surface area contributed by atoms with Gasteiger partial charge >= 0.3 is 0 Å². The van der Waals surface area contributed by atoms with Gasteiger partial charge in [-0.3, -0.25) is 4.79 Å². The number of aryl methyl sites for hydroxylation is 2. The molecule has 1 unspecified atom stereocenters. The standard InChI is InChI=1S/C17H23N5O/c1-3-21-12-18-19-15(21)13-10-22(11-17(13)7-5-8-17)16(23)14-6-4-9-20(14)2/h4,6,9,12-13H,3,5,7-8,10-11H2,1-2H3. The summed E-state index contributed by atoms with van der Waals surface area (Å²) in [7, 11) is 1.92. The van der Waals surface area contributed by atoms with Crippen LogP contribution in [0.5, 0.6) is 0 Å². The lowest BCUT2D eigenvalue weighted by molar-refractivity contribution is 0.0714. The smallest absolute Gasteiger partial charge is 0.270 e. The number of hydrogen-bond donors (Lipinski definition) is 0. The fraction of sp³-hybridized carbons (Fsp3) is 0.588. The highest BCUT2D eigenvalue weighted by Gasteiger charge is 2.53. The number of nitrogens with zero attached hydrogens (tertiary/aromatic N) is 5. The highest BCUT2D eigenvalue weighted by Crippen LogP contribution is 2.55. The van der Waals surface area contributed by atoms with Crippen LogP contribution in [-0.2, 0) is 13.6 Å². The van der Waals surface area contributed by atoms with Gasteiger partial charge in [-0.05, 0) is 37.3 Å². The second-order valence-corrected chi connectivity index (χ2v) is 6.93. The maximum atomic E-state index is 12.9. The summed E-state index contributed by atoms with van der Waals surface area (Å²) in [5, 5.41) is 8.49. The van der Waals surface area contributed by atoms with E-state index in [0.717, 1.165) is 31.2 Å². The molecular weight excluding hydrogens is 290 g/mol. The van der Waals surface area contributed by atoms with E-state index in [1.165, 1.54) is 19.3 Å². The van der Waals surface area contributed by atoms with E-state index >= 15 is 0 Å². The minimum absolute atomic E-state index is 0.133. The zero-order chi connectivity index (χ0) is 16.0. The molecule has 1 aliphatic carbocycles. The van der Waals surface area contributed by atoms with E-state index in [9.17, 15) is 4.79 Å². The summed E-state index contributed by atoms with van der Waals surface area (Å²) in [5.41, 5.74) is 0.970. The summed E-state index contributed by atoms with van der Waals surface area (Å²) < 4.78 is 4.03. The van der Waals surface area contributed by atoms with Gasteiger partial charge in [0, 0.05) is 38.8 Å². The third-order valence-electron chi connectivity index (χ3n) is 5.75. The largest absolute Gasteiger partial charge is 0.347 e. The van der Waals surface area contributed by atoms with E-state index < -0.39 is 0 Å². The Morgan fingerprint density at radius 1 is 1.43 bits per heavy atom. The summed E-state index contributed by atoms with van der Waals surface area (Å²) in [5.74, 6) is 1.49. The second kappa shape index (κ2) is 5.22.